The predicted molar refractivity (Wildman–Crippen MR) is 72.6 cm³/mol. The molecule has 0 aromatic heterocycles. The topological polar surface area (TPSA) is 69.6 Å². The molecule has 5 heteroatoms. The van der Waals surface area contributed by atoms with Crippen molar-refractivity contribution < 1.29 is 14.7 Å². The molecule has 0 unspecified atom stereocenters. The van der Waals surface area contributed by atoms with Crippen LogP contribution in [0, 0.1) is 0 Å². The summed E-state index contributed by atoms with van der Waals surface area (Å²) in [4.78, 5) is 24.2. The van der Waals surface area contributed by atoms with Crippen molar-refractivity contribution in [3.8, 4) is 0 Å². The van der Waals surface area contributed by atoms with Crippen LogP contribution in [0.3, 0.4) is 0 Å². The van der Waals surface area contributed by atoms with E-state index < -0.39 is 0 Å². The van der Waals surface area contributed by atoms with Crippen LogP contribution in [0.25, 0.3) is 0 Å². The number of carbonyl (C=O) groups excluding carboxylic acids is 2. The lowest BCUT2D eigenvalue weighted by Crippen LogP contribution is -2.41. The third-order valence-corrected chi connectivity index (χ3v) is 2.63. The number of urea groups is 1. The van der Waals surface area contributed by atoms with Gasteiger partial charge in [0, 0.05) is 26.1 Å². The molecule has 0 spiro atoms. The average molecular weight is 264 g/mol. The van der Waals surface area contributed by atoms with Crippen LogP contribution >= 0.6 is 0 Å². The number of benzene rings is 1. The minimum absolute atomic E-state index is 0.0390. The molecule has 0 aliphatic rings. The van der Waals surface area contributed by atoms with Gasteiger partial charge < -0.3 is 15.3 Å². The van der Waals surface area contributed by atoms with Crippen molar-refractivity contribution >= 4 is 11.8 Å². The second kappa shape index (κ2) is 8.26. The standard InChI is InChI=1S/C14H20N2O3/c1-12(18)7-8-15-14(19)16(9-10-17)11-13-5-3-2-4-6-13/h2-6,17H,7-11H2,1H3,(H,15,19). The fourth-order valence-electron chi connectivity index (χ4n) is 1.63. The Balaban J connectivity index is 2.51. The highest BCUT2D eigenvalue weighted by molar-refractivity contribution is 5.78. The molecule has 0 saturated heterocycles. The maximum absolute atomic E-state index is 11.9. The Morgan fingerprint density at radius 3 is 2.53 bits per heavy atom. The highest BCUT2D eigenvalue weighted by Gasteiger charge is 2.12. The molecule has 1 rings (SSSR count). The third kappa shape index (κ3) is 6.01. The van der Waals surface area contributed by atoms with E-state index in [2.05, 4.69) is 5.32 Å². The van der Waals surface area contributed by atoms with Crippen LogP contribution in [-0.4, -0.2) is 41.5 Å². The maximum Gasteiger partial charge on any atom is 0.317 e. The molecule has 0 saturated carbocycles. The molecule has 104 valence electrons. The summed E-state index contributed by atoms with van der Waals surface area (Å²) in [7, 11) is 0. The number of rotatable bonds is 7. The Bertz CT molecular complexity index is 406. The number of carbonyl (C=O) groups is 2. The summed E-state index contributed by atoms with van der Waals surface area (Å²) in [5.41, 5.74) is 0.998. The molecule has 1 aromatic carbocycles. The number of ketones is 1. The van der Waals surface area contributed by atoms with Crippen LogP contribution in [0.5, 0.6) is 0 Å². The van der Waals surface area contributed by atoms with Gasteiger partial charge in [0.1, 0.15) is 5.78 Å². The number of aliphatic hydroxyl groups excluding tert-OH is 1. The molecule has 2 amide bonds. The smallest absolute Gasteiger partial charge is 0.317 e. The van der Waals surface area contributed by atoms with Gasteiger partial charge in [-0.15, -0.1) is 0 Å². The molecule has 1 aromatic rings. The second-order valence-corrected chi connectivity index (χ2v) is 4.31. The van der Waals surface area contributed by atoms with Crippen LogP contribution in [-0.2, 0) is 11.3 Å². The largest absolute Gasteiger partial charge is 0.395 e. The maximum atomic E-state index is 11.9. The number of amides is 2. The lowest BCUT2D eigenvalue weighted by molar-refractivity contribution is -0.116. The first-order valence-electron chi connectivity index (χ1n) is 6.30. The average Bonchev–Trinajstić information content (AvgIpc) is 2.39. The summed E-state index contributed by atoms with van der Waals surface area (Å²) < 4.78 is 0. The number of nitrogens with zero attached hydrogens (tertiary/aromatic N) is 1. The third-order valence-electron chi connectivity index (χ3n) is 2.63. The van der Waals surface area contributed by atoms with Crippen LogP contribution < -0.4 is 5.32 Å². The van der Waals surface area contributed by atoms with Crippen molar-refractivity contribution in [2.24, 2.45) is 0 Å². The fraction of sp³-hybridized carbons (Fsp3) is 0.429. The minimum Gasteiger partial charge on any atom is -0.395 e. The van der Waals surface area contributed by atoms with E-state index in [0.29, 0.717) is 19.5 Å². The molecule has 0 aliphatic carbocycles. The number of Topliss-reactive ketones (excluding diaryl/α,β-unsaturated/α-hetero) is 1. The van der Waals surface area contributed by atoms with E-state index in [1.807, 2.05) is 30.3 Å². The zero-order valence-corrected chi connectivity index (χ0v) is 11.1. The van der Waals surface area contributed by atoms with Crippen LogP contribution in [0.4, 0.5) is 4.79 Å². The van der Waals surface area contributed by atoms with Gasteiger partial charge in [-0.3, -0.25) is 4.79 Å². The lowest BCUT2D eigenvalue weighted by Gasteiger charge is -2.22. The zero-order valence-electron chi connectivity index (χ0n) is 11.1. The van der Waals surface area contributed by atoms with Gasteiger partial charge >= 0.3 is 6.03 Å². The van der Waals surface area contributed by atoms with Gasteiger partial charge in [-0.2, -0.15) is 0 Å². The van der Waals surface area contributed by atoms with Crippen molar-refractivity contribution in [1.82, 2.24) is 10.2 Å². The van der Waals surface area contributed by atoms with E-state index in [1.165, 1.54) is 11.8 Å². The van der Waals surface area contributed by atoms with Crippen molar-refractivity contribution in [3.05, 3.63) is 35.9 Å². The number of hydrogen-bond donors (Lipinski definition) is 2. The van der Waals surface area contributed by atoms with E-state index in [0.717, 1.165) is 5.56 Å². The zero-order chi connectivity index (χ0) is 14.1. The van der Waals surface area contributed by atoms with Crippen LogP contribution in [0.2, 0.25) is 0 Å². The molecule has 0 radical (unpaired) electrons. The normalized spacial score (nSPS) is 10.0. The molecule has 0 atom stereocenters. The summed E-state index contributed by atoms with van der Waals surface area (Å²) >= 11 is 0. The molecule has 19 heavy (non-hydrogen) atoms. The van der Waals surface area contributed by atoms with Gasteiger partial charge in [0.05, 0.1) is 6.61 Å². The molecule has 0 fully saturated rings. The van der Waals surface area contributed by atoms with Gasteiger partial charge in [0.15, 0.2) is 0 Å². The molecule has 0 aliphatic heterocycles. The Hall–Kier alpha value is -1.88. The first-order chi connectivity index (χ1) is 9.13. The van der Waals surface area contributed by atoms with E-state index in [9.17, 15) is 9.59 Å². The molecule has 2 N–H and O–H groups in total. The first kappa shape index (κ1) is 15.2. The van der Waals surface area contributed by atoms with E-state index >= 15 is 0 Å². The lowest BCUT2D eigenvalue weighted by atomic mass is 10.2. The van der Waals surface area contributed by atoms with Gasteiger partial charge in [-0.1, -0.05) is 30.3 Å². The number of hydrogen-bond acceptors (Lipinski definition) is 3. The van der Waals surface area contributed by atoms with Crippen molar-refractivity contribution in [1.29, 1.82) is 0 Å². The Kier molecular flexibility index (Phi) is 6.60. The Morgan fingerprint density at radius 1 is 1.26 bits per heavy atom. The molecular weight excluding hydrogens is 244 g/mol. The highest BCUT2D eigenvalue weighted by Crippen LogP contribution is 2.04. The summed E-state index contributed by atoms with van der Waals surface area (Å²) in [5.74, 6) is 0.0390. The molecular formula is C14H20N2O3. The summed E-state index contributed by atoms with van der Waals surface area (Å²) in [6, 6.07) is 9.30. The quantitative estimate of drug-likeness (QED) is 0.776. The summed E-state index contributed by atoms with van der Waals surface area (Å²) in [5, 5.41) is 11.7. The second-order valence-electron chi connectivity index (χ2n) is 4.31. The predicted octanol–water partition coefficient (Wildman–Crippen LogP) is 1.17. The van der Waals surface area contributed by atoms with Crippen molar-refractivity contribution in [2.75, 3.05) is 19.7 Å². The van der Waals surface area contributed by atoms with Crippen LogP contribution in [0.1, 0.15) is 18.9 Å². The van der Waals surface area contributed by atoms with Crippen LogP contribution in [0.15, 0.2) is 30.3 Å². The molecule has 0 heterocycles. The number of aliphatic hydroxyl groups is 1. The van der Waals surface area contributed by atoms with E-state index in [4.69, 9.17) is 5.11 Å². The van der Waals surface area contributed by atoms with Crippen molar-refractivity contribution in [3.63, 3.8) is 0 Å². The van der Waals surface area contributed by atoms with Gasteiger partial charge in [-0.25, -0.2) is 4.79 Å². The fourth-order valence-corrected chi connectivity index (χ4v) is 1.63. The Labute approximate surface area is 113 Å². The highest BCUT2D eigenvalue weighted by atomic mass is 16.3. The number of nitrogens with one attached hydrogen (secondary N) is 1. The van der Waals surface area contributed by atoms with Gasteiger partial charge in [0.2, 0.25) is 0 Å². The Morgan fingerprint density at radius 2 is 1.95 bits per heavy atom. The minimum atomic E-state index is -0.265. The summed E-state index contributed by atoms with van der Waals surface area (Å²) in [6.07, 6.45) is 0.323. The molecule has 5 nitrogen and oxygen atoms in total. The van der Waals surface area contributed by atoms with E-state index in [-0.39, 0.29) is 25.0 Å². The van der Waals surface area contributed by atoms with E-state index in [1.54, 1.807) is 0 Å². The first-order valence-corrected chi connectivity index (χ1v) is 6.30. The SMILES string of the molecule is CC(=O)CCNC(=O)N(CCO)Cc1ccccc1. The van der Waals surface area contributed by atoms with Gasteiger partial charge in [-0.05, 0) is 12.5 Å². The summed E-state index contributed by atoms with van der Waals surface area (Å²) in [6.45, 7) is 2.42. The monoisotopic (exact) mass is 264 g/mol. The van der Waals surface area contributed by atoms with Gasteiger partial charge in [0.25, 0.3) is 0 Å². The molecule has 0 bridgehead atoms. The van der Waals surface area contributed by atoms with Crippen molar-refractivity contribution in [2.45, 2.75) is 19.9 Å².